The molecular formula is C16H23N3O2S. The van der Waals surface area contributed by atoms with Gasteiger partial charge in [0.1, 0.15) is 0 Å². The van der Waals surface area contributed by atoms with Crippen molar-refractivity contribution in [2.45, 2.75) is 55.5 Å². The van der Waals surface area contributed by atoms with Gasteiger partial charge in [0.15, 0.2) is 0 Å². The maximum atomic E-state index is 12.6. The second-order valence-corrected chi connectivity index (χ2v) is 8.52. The van der Waals surface area contributed by atoms with Crippen LogP contribution in [0, 0.1) is 5.92 Å². The molecule has 22 heavy (non-hydrogen) atoms. The maximum Gasteiger partial charge on any atom is 0.240 e. The number of benzene rings is 1. The zero-order chi connectivity index (χ0) is 15.2. The van der Waals surface area contributed by atoms with Crippen molar-refractivity contribution in [3.63, 3.8) is 0 Å². The Labute approximate surface area is 131 Å². The van der Waals surface area contributed by atoms with E-state index in [2.05, 4.69) is 15.6 Å². The van der Waals surface area contributed by atoms with Gasteiger partial charge in [0, 0.05) is 18.6 Å². The van der Waals surface area contributed by atoms with E-state index in [4.69, 9.17) is 0 Å². The highest BCUT2D eigenvalue weighted by Gasteiger charge is 2.35. The smallest absolute Gasteiger partial charge is 0.240 e. The molecule has 0 aromatic heterocycles. The molecule has 3 atom stereocenters. The summed E-state index contributed by atoms with van der Waals surface area (Å²) < 4.78 is 28.2. The summed E-state index contributed by atoms with van der Waals surface area (Å²) in [4.78, 5) is 0.424. The van der Waals surface area contributed by atoms with Crippen molar-refractivity contribution in [3.05, 3.63) is 29.3 Å². The van der Waals surface area contributed by atoms with Crippen molar-refractivity contribution in [2.24, 2.45) is 5.92 Å². The third kappa shape index (κ3) is 2.69. The second-order valence-electron chi connectivity index (χ2n) is 6.81. The first-order chi connectivity index (χ1) is 10.6. The molecule has 0 amide bonds. The molecule has 0 spiro atoms. The second kappa shape index (κ2) is 5.60. The fourth-order valence-electron chi connectivity index (χ4n) is 4.09. The molecule has 3 N–H and O–H groups in total. The SMILES string of the molecule is O=S(=O)(NC1CCC2CNNC2C1)c1ccc2c(c1)CCC2. The fraction of sp³-hybridized carbons (Fsp3) is 0.625. The Bertz CT molecular complexity index is 674. The van der Waals surface area contributed by atoms with E-state index in [0.29, 0.717) is 16.9 Å². The average Bonchev–Trinajstić information content (AvgIpc) is 3.14. The molecule has 120 valence electrons. The highest BCUT2D eigenvalue weighted by atomic mass is 32.2. The van der Waals surface area contributed by atoms with Crippen molar-refractivity contribution in [1.82, 2.24) is 15.6 Å². The first-order valence-corrected chi connectivity index (χ1v) is 9.73. The summed E-state index contributed by atoms with van der Waals surface area (Å²) in [7, 11) is -3.41. The molecule has 3 unspecified atom stereocenters. The summed E-state index contributed by atoms with van der Waals surface area (Å²) in [6, 6.07) is 6.03. The summed E-state index contributed by atoms with van der Waals surface area (Å²) in [5.41, 5.74) is 8.95. The molecule has 4 rings (SSSR count). The van der Waals surface area contributed by atoms with Crippen molar-refractivity contribution >= 4 is 10.0 Å². The van der Waals surface area contributed by atoms with Gasteiger partial charge in [-0.2, -0.15) is 0 Å². The average molecular weight is 321 g/mol. The Balaban J connectivity index is 1.49. The van der Waals surface area contributed by atoms with Crippen LogP contribution >= 0.6 is 0 Å². The normalized spacial score (nSPS) is 31.0. The minimum absolute atomic E-state index is 0.0342. The molecular weight excluding hydrogens is 298 g/mol. The van der Waals surface area contributed by atoms with Crippen LogP contribution in [0.3, 0.4) is 0 Å². The highest BCUT2D eigenvalue weighted by Crippen LogP contribution is 2.29. The van der Waals surface area contributed by atoms with Gasteiger partial charge in [-0.15, -0.1) is 0 Å². The van der Waals surface area contributed by atoms with Crippen LogP contribution in [0.5, 0.6) is 0 Å². The van der Waals surface area contributed by atoms with Crippen molar-refractivity contribution < 1.29 is 8.42 Å². The lowest BCUT2D eigenvalue weighted by molar-refractivity contribution is 0.291. The number of hydrogen-bond acceptors (Lipinski definition) is 4. The molecule has 1 aromatic rings. The Morgan fingerprint density at radius 2 is 2.00 bits per heavy atom. The molecule has 1 aliphatic heterocycles. The predicted octanol–water partition coefficient (Wildman–Crippen LogP) is 1.10. The molecule has 2 aliphatic carbocycles. The van der Waals surface area contributed by atoms with Crippen LogP contribution in [0.25, 0.3) is 0 Å². The fourth-order valence-corrected chi connectivity index (χ4v) is 5.42. The molecule has 3 aliphatic rings. The monoisotopic (exact) mass is 321 g/mol. The van der Waals surface area contributed by atoms with Crippen LogP contribution < -0.4 is 15.6 Å². The number of sulfonamides is 1. The minimum Gasteiger partial charge on any atom is -0.257 e. The van der Waals surface area contributed by atoms with Crippen LogP contribution in [0.2, 0.25) is 0 Å². The molecule has 1 saturated heterocycles. The standard InChI is InChI=1S/C16H23N3O2S/c20-22(21,15-7-5-11-2-1-3-12(11)8-15)19-14-6-4-13-10-17-18-16(13)9-14/h5,7-8,13-14,16-19H,1-4,6,9-10H2. The number of nitrogens with one attached hydrogen (secondary N) is 3. The number of fused-ring (bicyclic) bond motifs is 2. The van der Waals surface area contributed by atoms with Gasteiger partial charge in [0.2, 0.25) is 10.0 Å². The van der Waals surface area contributed by atoms with E-state index < -0.39 is 10.0 Å². The molecule has 1 heterocycles. The van der Waals surface area contributed by atoms with E-state index in [1.807, 2.05) is 12.1 Å². The number of rotatable bonds is 3. The first-order valence-electron chi connectivity index (χ1n) is 8.24. The zero-order valence-electron chi connectivity index (χ0n) is 12.6. The van der Waals surface area contributed by atoms with E-state index >= 15 is 0 Å². The minimum atomic E-state index is -3.41. The Hall–Kier alpha value is -0.950. The first kappa shape index (κ1) is 14.6. The molecule has 0 radical (unpaired) electrons. The van der Waals surface area contributed by atoms with Gasteiger partial charge in [0.25, 0.3) is 0 Å². The molecule has 5 nitrogen and oxygen atoms in total. The van der Waals surface area contributed by atoms with Crippen LogP contribution in [-0.4, -0.2) is 27.0 Å². The molecule has 1 saturated carbocycles. The summed E-state index contributed by atoms with van der Waals surface area (Å²) >= 11 is 0. The van der Waals surface area contributed by atoms with E-state index in [1.165, 1.54) is 11.1 Å². The molecule has 0 bridgehead atoms. The highest BCUT2D eigenvalue weighted by molar-refractivity contribution is 7.89. The van der Waals surface area contributed by atoms with Gasteiger partial charge in [-0.05, 0) is 67.7 Å². The van der Waals surface area contributed by atoms with Gasteiger partial charge in [0.05, 0.1) is 4.90 Å². The summed E-state index contributed by atoms with van der Waals surface area (Å²) in [5.74, 6) is 0.640. The van der Waals surface area contributed by atoms with Gasteiger partial charge in [-0.3, -0.25) is 10.9 Å². The number of hydrazine groups is 1. The van der Waals surface area contributed by atoms with Crippen molar-refractivity contribution in [1.29, 1.82) is 0 Å². The van der Waals surface area contributed by atoms with Crippen molar-refractivity contribution in [3.8, 4) is 0 Å². The number of aryl methyl sites for hydroxylation is 2. The molecule has 6 heteroatoms. The quantitative estimate of drug-likeness (QED) is 0.780. The summed E-state index contributed by atoms with van der Waals surface area (Å²) in [6.45, 7) is 0.995. The third-order valence-corrected chi connectivity index (χ3v) is 6.87. The summed E-state index contributed by atoms with van der Waals surface area (Å²) in [5, 5.41) is 0. The third-order valence-electron chi connectivity index (χ3n) is 5.35. The van der Waals surface area contributed by atoms with Gasteiger partial charge >= 0.3 is 0 Å². The van der Waals surface area contributed by atoms with Gasteiger partial charge in [-0.25, -0.2) is 13.1 Å². The summed E-state index contributed by atoms with van der Waals surface area (Å²) in [6.07, 6.45) is 6.07. The van der Waals surface area contributed by atoms with E-state index in [1.54, 1.807) is 6.07 Å². The van der Waals surface area contributed by atoms with Gasteiger partial charge in [-0.1, -0.05) is 6.07 Å². The zero-order valence-corrected chi connectivity index (χ0v) is 13.5. The molecule has 1 aromatic carbocycles. The van der Waals surface area contributed by atoms with Crippen molar-refractivity contribution in [2.75, 3.05) is 6.54 Å². The van der Waals surface area contributed by atoms with E-state index in [9.17, 15) is 8.42 Å². The Kier molecular flexibility index (Phi) is 3.72. The lowest BCUT2D eigenvalue weighted by atomic mass is 9.83. The topological polar surface area (TPSA) is 70.2 Å². The van der Waals surface area contributed by atoms with Gasteiger partial charge < -0.3 is 0 Å². The maximum absolute atomic E-state index is 12.6. The Morgan fingerprint density at radius 1 is 1.14 bits per heavy atom. The molecule has 2 fully saturated rings. The van der Waals surface area contributed by atoms with E-state index in [-0.39, 0.29) is 6.04 Å². The van der Waals surface area contributed by atoms with E-state index in [0.717, 1.165) is 45.1 Å². The van der Waals surface area contributed by atoms with Crippen LogP contribution in [0.15, 0.2) is 23.1 Å². The predicted molar refractivity (Wildman–Crippen MR) is 84.8 cm³/mol. The Morgan fingerprint density at radius 3 is 2.91 bits per heavy atom. The lowest BCUT2D eigenvalue weighted by Crippen LogP contribution is -2.45. The van der Waals surface area contributed by atoms with Crippen LogP contribution in [0.4, 0.5) is 0 Å². The number of hydrogen-bond donors (Lipinski definition) is 3. The van der Waals surface area contributed by atoms with Crippen LogP contribution in [-0.2, 0) is 22.9 Å². The largest absolute Gasteiger partial charge is 0.257 e. The lowest BCUT2D eigenvalue weighted by Gasteiger charge is -2.31. The van der Waals surface area contributed by atoms with Crippen LogP contribution in [0.1, 0.15) is 36.8 Å².